The van der Waals surface area contributed by atoms with Crippen LogP contribution >= 0.6 is 23.7 Å². The van der Waals surface area contributed by atoms with Gasteiger partial charge in [-0.3, -0.25) is 9.50 Å². The van der Waals surface area contributed by atoms with E-state index in [0.29, 0.717) is 6.42 Å². The van der Waals surface area contributed by atoms with Gasteiger partial charge in [-0.25, -0.2) is 17.8 Å². The first-order chi connectivity index (χ1) is 16.5. The number of nitrogens with one attached hydrogen (secondary N) is 1. The van der Waals surface area contributed by atoms with Crippen molar-refractivity contribution in [3.63, 3.8) is 0 Å². The van der Waals surface area contributed by atoms with Crippen LogP contribution in [0.5, 0.6) is 0 Å². The Morgan fingerprint density at radius 1 is 1.06 bits per heavy atom. The Labute approximate surface area is 211 Å². The van der Waals surface area contributed by atoms with Gasteiger partial charge in [0.2, 0.25) is 0 Å². The molecule has 0 saturated heterocycles. The number of nitriles is 1. The van der Waals surface area contributed by atoms with Crippen LogP contribution < -0.4 is 0 Å². The fourth-order valence-corrected chi connectivity index (χ4v) is 6.50. The minimum atomic E-state index is -3.44. The first-order valence-corrected chi connectivity index (χ1v) is 12.9. The number of hydrogen-bond acceptors (Lipinski definition) is 6. The summed E-state index contributed by atoms with van der Waals surface area (Å²) in [7, 11) is -3.44. The maximum absolute atomic E-state index is 13.4. The number of fused-ring (bicyclic) bond motifs is 1. The summed E-state index contributed by atoms with van der Waals surface area (Å²) in [4.78, 5) is 5.23. The summed E-state index contributed by atoms with van der Waals surface area (Å²) >= 11 is 1.19. The van der Waals surface area contributed by atoms with Crippen molar-refractivity contribution < 1.29 is 12.8 Å². The quantitative estimate of drug-likeness (QED) is 0.271. The van der Waals surface area contributed by atoms with Gasteiger partial charge in [-0.2, -0.15) is 10.4 Å². The minimum Gasteiger partial charge on any atom is -0.298 e. The molecule has 0 unspecified atom stereocenters. The van der Waals surface area contributed by atoms with Crippen LogP contribution in [0, 0.1) is 17.1 Å². The zero-order valence-electron chi connectivity index (χ0n) is 18.2. The van der Waals surface area contributed by atoms with E-state index in [4.69, 9.17) is 5.26 Å². The van der Waals surface area contributed by atoms with Crippen LogP contribution in [-0.2, 0) is 9.84 Å². The van der Waals surface area contributed by atoms with E-state index in [1.165, 1.54) is 23.5 Å². The highest BCUT2D eigenvalue weighted by atomic mass is 35.5. The number of thiophene rings is 1. The van der Waals surface area contributed by atoms with Crippen LogP contribution in [0.3, 0.4) is 0 Å². The molecular weight excluding hydrogens is 509 g/mol. The van der Waals surface area contributed by atoms with Gasteiger partial charge in [0, 0.05) is 29.3 Å². The van der Waals surface area contributed by atoms with Crippen LogP contribution in [0.1, 0.15) is 12.8 Å². The molecule has 0 atom stereocenters. The number of aromatic nitrogens is 4. The average Bonchev–Trinajstić information content (AvgIpc) is 3.58. The molecule has 0 bridgehead atoms. The highest BCUT2D eigenvalue weighted by Crippen LogP contribution is 2.34. The molecule has 11 heteroatoms. The smallest absolute Gasteiger partial charge is 0.187 e. The molecule has 4 aromatic heterocycles. The maximum atomic E-state index is 13.4. The van der Waals surface area contributed by atoms with E-state index in [-0.39, 0.29) is 34.6 Å². The van der Waals surface area contributed by atoms with Gasteiger partial charge < -0.3 is 0 Å². The van der Waals surface area contributed by atoms with Crippen LogP contribution in [0.2, 0.25) is 0 Å². The molecule has 178 valence electrons. The summed E-state index contributed by atoms with van der Waals surface area (Å²) in [6.07, 6.45) is 5.88. The normalized spacial score (nSPS) is 11.3. The Hall–Kier alpha value is -3.52. The first kappa shape index (κ1) is 24.6. The Morgan fingerprint density at radius 2 is 1.83 bits per heavy atom. The molecule has 35 heavy (non-hydrogen) atoms. The number of aromatic amines is 1. The van der Waals surface area contributed by atoms with Crippen LogP contribution in [0.4, 0.5) is 4.39 Å². The Kier molecular flexibility index (Phi) is 7.03. The van der Waals surface area contributed by atoms with Crippen molar-refractivity contribution in [1.29, 1.82) is 5.26 Å². The number of rotatable bonds is 7. The topological polar surface area (TPSA) is 104 Å². The summed E-state index contributed by atoms with van der Waals surface area (Å²) in [5.41, 5.74) is 4.79. The van der Waals surface area contributed by atoms with Crippen molar-refractivity contribution in [2.24, 2.45) is 0 Å². The van der Waals surface area contributed by atoms with Crippen molar-refractivity contribution in [2.75, 3.05) is 5.75 Å². The lowest BCUT2D eigenvalue weighted by molar-refractivity contribution is 0.595. The zero-order chi connectivity index (χ0) is 23.7. The zero-order valence-corrected chi connectivity index (χ0v) is 20.6. The van der Waals surface area contributed by atoms with Gasteiger partial charge in [0.25, 0.3) is 0 Å². The van der Waals surface area contributed by atoms with Gasteiger partial charge in [0.05, 0.1) is 40.5 Å². The number of H-pyrrole nitrogens is 1. The van der Waals surface area contributed by atoms with Gasteiger partial charge in [-0.1, -0.05) is 0 Å². The lowest BCUT2D eigenvalue weighted by Crippen LogP contribution is -2.04. The SMILES string of the molecule is Cl.N#CCCCS(=O)(=O)c1ccc(-c2cnc3ccc(-c4cn[nH]c4-c4ccc(F)cc4)cn23)s1. The third kappa shape index (κ3) is 4.84. The van der Waals surface area contributed by atoms with Crippen molar-refractivity contribution in [3.8, 4) is 39.0 Å². The van der Waals surface area contributed by atoms with Gasteiger partial charge in [0.15, 0.2) is 9.84 Å². The largest absolute Gasteiger partial charge is 0.298 e. The molecule has 0 spiro atoms. The monoisotopic (exact) mass is 527 g/mol. The maximum Gasteiger partial charge on any atom is 0.187 e. The molecule has 7 nitrogen and oxygen atoms in total. The summed E-state index contributed by atoms with van der Waals surface area (Å²) in [6.45, 7) is 0. The molecule has 0 fully saturated rings. The molecule has 5 aromatic rings. The van der Waals surface area contributed by atoms with E-state index < -0.39 is 9.84 Å². The van der Waals surface area contributed by atoms with Gasteiger partial charge >= 0.3 is 0 Å². The molecule has 0 aliphatic heterocycles. The van der Waals surface area contributed by atoms with Crippen molar-refractivity contribution in [3.05, 3.63) is 72.9 Å². The van der Waals surface area contributed by atoms with E-state index in [9.17, 15) is 12.8 Å². The summed E-state index contributed by atoms with van der Waals surface area (Å²) < 4.78 is 40.8. The molecule has 1 N–H and O–H groups in total. The molecule has 0 radical (unpaired) electrons. The molecule has 5 rings (SSSR count). The van der Waals surface area contributed by atoms with E-state index in [2.05, 4.69) is 15.2 Å². The summed E-state index contributed by atoms with van der Waals surface area (Å²) in [5, 5.41) is 15.8. The van der Waals surface area contributed by atoms with Crippen molar-refractivity contribution in [1.82, 2.24) is 19.6 Å². The van der Waals surface area contributed by atoms with Crippen LogP contribution in [0.15, 0.2) is 71.3 Å². The Balaban J connectivity index is 0.00000289. The molecule has 4 heterocycles. The number of imidazole rings is 1. The van der Waals surface area contributed by atoms with Crippen LogP contribution in [-0.4, -0.2) is 33.8 Å². The van der Waals surface area contributed by atoms with E-state index >= 15 is 0 Å². The molecule has 0 aliphatic carbocycles. The molecular formula is C24H19ClFN5O2S2. The Bertz CT molecular complexity index is 1630. The second-order valence-corrected chi connectivity index (χ2v) is 11.1. The standard InChI is InChI=1S/C24H18FN5O2S2.ClH/c25-18-6-3-16(4-7-18)24-19(13-28-29-24)17-5-9-22-27-14-20(30(22)15-17)21-8-10-23(33-21)34(31,32)12-2-1-11-26;/h3-10,13-15H,1-2,12H2,(H,28,29);1H. The third-order valence-corrected chi connectivity index (χ3v) is 8.92. The molecule has 1 aromatic carbocycles. The molecule has 0 saturated carbocycles. The third-order valence-electron chi connectivity index (χ3n) is 5.43. The predicted molar refractivity (Wildman–Crippen MR) is 136 cm³/mol. The summed E-state index contributed by atoms with van der Waals surface area (Å²) in [5.74, 6) is -0.360. The second-order valence-electron chi connectivity index (χ2n) is 7.65. The number of benzene rings is 1. The fraction of sp³-hybridized carbons (Fsp3) is 0.125. The number of sulfone groups is 1. The van der Waals surface area contributed by atoms with Crippen LogP contribution in [0.25, 0.3) is 38.6 Å². The molecule has 0 amide bonds. The number of unbranched alkanes of at least 4 members (excludes halogenated alkanes) is 1. The minimum absolute atomic E-state index is 0. The second kappa shape index (κ2) is 10.00. The predicted octanol–water partition coefficient (Wildman–Crippen LogP) is 5.76. The lowest BCUT2D eigenvalue weighted by Gasteiger charge is -2.06. The van der Waals surface area contributed by atoms with E-state index in [1.54, 1.807) is 36.7 Å². The van der Waals surface area contributed by atoms with Crippen molar-refractivity contribution >= 4 is 39.2 Å². The number of halogens is 2. The Morgan fingerprint density at radius 3 is 2.60 bits per heavy atom. The molecule has 0 aliphatic rings. The van der Waals surface area contributed by atoms with Gasteiger partial charge in [-0.05, 0) is 55.0 Å². The van der Waals surface area contributed by atoms with Gasteiger partial charge in [-0.15, -0.1) is 23.7 Å². The highest BCUT2D eigenvalue weighted by Gasteiger charge is 2.19. The van der Waals surface area contributed by atoms with E-state index in [0.717, 1.165) is 38.6 Å². The highest BCUT2D eigenvalue weighted by molar-refractivity contribution is 7.93. The number of pyridine rings is 1. The first-order valence-electron chi connectivity index (χ1n) is 10.4. The average molecular weight is 528 g/mol. The number of nitrogens with zero attached hydrogens (tertiary/aromatic N) is 4. The van der Waals surface area contributed by atoms with Crippen molar-refractivity contribution in [2.45, 2.75) is 17.1 Å². The lowest BCUT2D eigenvalue weighted by atomic mass is 10.0. The summed E-state index contributed by atoms with van der Waals surface area (Å²) in [6, 6.07) is 15.4. The van der Waals surface area contributed by atoms with E-state index in [1.807, 2.05) is 28.8 Å². The fourth-order valence-electron chi connectivity index (χ4n) is 3.73. The van der Waals surface area contributed by atoms with Gasteiger partial charge in [0.1, 0.15) is 15.7 Å². The number of hydrogen-bond donors (Lipinski definition) is 1.